The molecule has 0 spiro atoms. The van der Waals surface area contributed by atoms with E-state index in [9.17, 15) is 9.18 Å². The minimum atomic E-state index is -0.574. The van der Waals surface area contributed by atoms with Gasteiger partial charge in [-0.25, -0.2) is 14.2 Å². The molecular weight excluding hydrogens is 407 g/mol. The maximum absolute atomic E-state index is 13.5. The number of carbonyl (C=O) groups excluding carboxylic acids is 1. The third-order valence-electron chi connectivity index (χ3n) is 4.76. The topological polar surface area (TPSA) is 60.2 Å². The third-order valence-corrected chi connectivity index (χ3v) is 4.97. The summed E-state index contributed by atoms with van der Waals surface area (Å²) in [5.41, 5.74) is 3.47. The number of aromatic nitrogens is 3. The van der Waals surface area contributed by atoms with Gasteiger partial charge in [-0.05, 0) is 62.7 Å². The summed E-state index contributed by atoms with van der Waals surface area (Å²) in [6.07, 6.45) is 1.27. The van der Waals surface area contributed by atoms with Crippen molar-refractivity contribution < 1.29 is 13.9 Å². The summed E-state index contributed by atoms with van der Waals surface area (Å²) < 4.78 is 20.9. The second kappa shape index (κ2) is 7.72. The Kier molecular flexibility index (Phi) is 5.24. The van der Waals surface area contributed by atoms with Gasteiger partial charge in [-0.3, -0.25) is 4.68 Å². The minimum absolute atomic E-state index is 0.313. The zero-order chi connectivity index (χ0) is 21.5. The molecule has 1 aliphatic rings. The van der Waals surface area contributed by atoms with Gasteiger partial charge in [0.2, 0.25) is 0 Å². The molecule has 0 unspecified atom stereocenters. The van der Waals surface area contributed by atoms with Crippen molar-refractivity contribution in [2.24, 2.45) is 0 Å². The Labute approximate surface area is 179 Å². The number of benzene rings is 1. The van der Waals surface area contributed by atoms with Crippen LogP contribution in [0.1, 0.15) is 26.5 Å². The van der Waals surface area contributed by atoms with E-state index in [1.165, 1.54) is 12.1 Å². The van der Waals surface area contributed by atoms with Crippen molar-refractivity contribution in [2.45, 2.75) is 39.5 Å². The number of halogens is 2. The summed E-state index contributed by atoms with van der Waals surface area (Å²) in [5, 5.41) is 5.14. The highest BCUT2D eigenvalue weighted by atomic mass is 35.5. The lowest BCUT2D eigenvalue weighted by molar-refractivity contribution is 0.0195. The molecule has 2 aromatic heterocycles. The number of pyridine rings is 1. The third kappa shape index (κ3) is 4.16. The molecule has 0 N–H and O–H groups in total. The molecule has 0 bridgehead atoms. The fourth-order valence-electron chi connectivity index (χ4n) is 3.47. The Bertz CT molecular complexity index is 1090. The zero-order valence-electron chi connectivity index (χ0n) is 17.0. The Hall–Kier alpha value is -2.93. The maximum atomic E-state index is 13.5. The highest BCUT2D eigenvalue weighted by Gasteiger charge is 2.30. The van der Waals surface area contributed by atoms with E-state index >= 15 is 0 Å². The first-order valence-corrected chi connectivity index (χ1v) is 10.0. The molecule has 3 heterocycles. The number of ether oxygens (including phenoxy) is 1. The predicted octanol–water partition coefficient (Wildman–Crippen LogP) is 5.16. The van der Waals surface area contributed by atoms with Crippen LogP contribution in [0.4, 0.5) is 9.18 Å². The van der Waals surface area contributed by atoms with Crippen LogP contribution in [0, 0.1) is 5.82 Å². The van der Waals surface area contributed by atoms with Crippen LogP contribution < -0.4 is 0 Å². The molecule has 4 rings (SSSR count). The van der Waals surface area contributed by atoms with Crippen molar-refractivity contribution in [1.29, 1.82) is 0 Å². The Morgan fingerprint density at radius 2 is 1.87 bits per heavy atom. The lowest BCUT2D eigenvalue weighted by Crippen LogP contribution is -2.41. The second-order valence-corrected chi connectivity index (χ2v) is 8.56. The molecule has 1 aliphatic heterocycles. The Morgan fingerprint density at radius 1 is 1.13 bits per heavy atom. The molecule has 0 atom stereocenters. The van der Waals surface area contributed by atoms with Crippen molar-refractivity contribution in [3.63, 3.8) is 0 Å². The summed E-state index contributed by atoms with van der Waals surface area (Å²) in [4.78, 5) is 18.4. The summed E-state index contributed by atoms with van der Waals surface area (Å²) in [7, 11) is 0. The molecule has 8 heteroatoms. The first-order chi connectivity index (χ1) is 14.2. The SMILES string of the molecule is CC(C)(C)OC(=O)N1CCn2nc(-c3ccc(F)cc3)c(-c3ccnc(Cl)c3)c2C1. The van der Waals surface area contributed by atoms with Gasteiger partial charge in [0.1, 0.15) is 22.3 Å². The van der Waals surface area contributed by atoms with Crippen LogP contribution >= 0.6 is 11.6 Å². The van der Waals surface area contributed by atoms with E-state index in [4.69, 9.17) is 21.4 Å². The van der Waals surface area contributed by atoms with Crippen LogP contribution in [0.5, 0.6) is 0 Å². The zero-order valence-corrected chi connectivity index (χ0v) is 17.8. The standard InChI is InChI=1S/C22H22ClFN4O2/c1-22(2,3)30-21(29)27-10-11-28-17(13-27)19(15-8-9-25-18(23)12-15)20(26-28)14-4-6-16(24)7-5-14/h4-9,12H,10-11,13H2,1-3H3. The maximum Gasteiger partial charge on any atom is 0.410 e. The summed E-state index contributed by atoms with van der Waals surface area (Å²) in [6.45, 7) is 6.89. The Balaban J connectivity index is 1.80. The van der Waals surface area contributed by atoms with Crippen molar-refractivity contribution >= 4 is 17.7 Å². The van der Waals surface area contributed by atoms with Crippen LogP contribution in [-0.2, 0) is 17.8 Å². The molecule has 0 fully saturated rings. The van der Waals surface area contributed by atoms with Gasteiger partial charge in [0, 0.05) is 23.9 Å². The highest BCUT2D eigenvalue weighted by molar-refractivity contribution is 6.29. The van der Waals surface area contributed by atoms with Gasteiger partial charge in [-0.2, -0.15) is 5.10 Å². The van der Waals surface area contributed by atoms with Crippen LogP contribution in [0.25, 0.3) is 22.4 Å². The molecule has 156 valence electrons. The number of carbonyl (C=O) groups is 1. The van der Waals surface area contributed by atoms with Gasteiger partial charge in [0.15, 0.2) is 0 Å². The number of hydrogen-bond acceptors (Lipinski definition) is 4. The number of amides is 1. The van der Waals surface area contributed by atoms with Gasteiger partial charge in [-0.15, -0.1) is 0 Å². The van der Waals surface area contributed by atoms with Crippen LogP contribution in [0.3, 0.4) is 0 Å². The largest absolute Gasteiger partial charge is 0.444 e. The minimum Gasteiger partial charge on any atom is -0.444 e. The van der Waals surface area contributed by atoms with Crippen LogP contribution in [-0.4, -0.2) is 37.9 Å². The summed E-state index contributed by atoms with van der Waals surface area (Å²) >= 11 is 6.14. The predicted molar refractivity (Wildman–Crippen MR) is 113 cm³/mol. The Morgan fingerprint density at radius 3 is 2.53 bits per heavy atom. The van der Waals surface area contributed by atoms with Crippen molar-refractivity contribution in [1.82, 2.24) is 19.7 Å². The van der Waals surface area contributed by atoms with Crippen molar-refractivity contribution in [3.05, 3.63) is 59.3 Å². The van der Waals surface area contributed by atoms with Gasteiger partial charge in [0.25, 0.3) is 0 Å². The average molecular weight is 429 g/mol. The number of nitrogens with zero attached hydrogens (tertiary/aromatic N) is 4. The lowest BCUT2D eigenvalue weighted by Gasteiger charge is -2.30. The molecule has 1 amide bonds. The normalized spacial score (nSPS) is 13.8. The van der Waals surface area contributed by atoms with Gasteiger partial charge in [0.05, 0.1) is 18.8 Å². The van der Waals surface area contributed by atoms with Gasteiger partial charge in [-0.1, -0.05) is 11.6 Å². The van der Waals surface area contributed by atoms with Crippen molar-refractivity contribution in [2.75, 3.05) is 6.54 Å². The first kappa shape index (κ1) is 20.3. The van der Waals surface area contributed by atoms with Crippen molar-refractivity contribution in [3.8, 4) is 22.4 Å². The molecule has 0 aliphatic carbocycles. The summed E-state index contributed by atoms with van der Waals surface area (Å²) in [5.74, 6) is -0.313. The monoisotopic (exact) mass is 428 g/mol. The van der Waals surface area contributed by atoms with E-state index in [1.54, 1.807) is 29.3 Å². The van der Waals surface area contributed by atoms with E-state index in [0.717, 1.165) is 22.4 Å². The summed E-state index contributed by atoms with van der Waals surface area (Å²) in [6, 6.07) is 9.82. The van der Waals surface area contributed by atoms with E-state index in [-0.39, 0.29) is 11.9 Å². The quantitative estimate of drug-likeness (QED) is 0.529. The van der Waals surface area contributed by atoms with E-state index in [1.807, 2.05) is 31.5 Å². The lowest BCUT2D eigenvalue weighted by atomic mass is 9.99. The molecule has 0 saturated carbocycles. The van der Waals surface area contributed by atoms with Crippen LogP contribution in [0.2, 0.25) is 5.15 Å². The number of hydrogen-bond donors (Lipinski definition) is 0. The van der Waals surface area contributed by atoms with E-state index < -0.39 is 5.60 Å². The molecule has 6 nitrogen and oxygen atoms in total. The van der Waals surface area contributed by atoms with Crippen LogP contribution in [0.15, 0.2) is 42.6 Å². The second-order valence-electron chi connectivity index (χ2n) is 8.17. The first-order valence-electron chi connectivity index (χ1n) is 9.67. The van der Waals surface area contributed by atoms with Gasteiger partial charge >= 0.3 is 6.09 Å². The van der Waals surface area contributed by atoms with E-state index in [2.05, 4.69) is 4.98 Å². The fraction of sp³-hybridized carbons (Fsp3) is 0.318. The fourth-order valence-corrected chi connectivity index (χ4v) is 3.65. The molecule has 0 saturated heterocycles. The smallest absolute Gasteiger partial charge is 0.410 e. The average Bonchev–Trinajstić information content (AvgIpc) is 3.06. The molecular formula is C22H22ClFN4O2. The van der Waals surface area contributed by atoms with Gasteiger partial charge < -0.3 is 9.64 Å². The number of rotatable bonds is 2. The van der Waals surface area contributed by atoms with E-state index in [0.29, 0.717) is 30.5 Å². The molecule has 0 radical (unpaired) electrons. The highest BCUT2D eigenvalue weighted by Crippen LogP contribution is 2.37. The molecule has 30 heavy (non-hydrogen) atoms. The molecule has 1 aromatic carbocycles. The molecule has 3 aromatic rings. The number of fused-ring (bicyclic) bond motifs is 1.